The van der Waals surface area contributed by atoms with E-state index in [-0.39, 0.29) is 0 Å². The first-order chi connectivity index (χ1) is 7.88. The molecular weight excluding hydrogens is 200 g/mol. The van der Waals surface area contributed by atoms with Crippen molar-refractivity contribution in [2.75, 3.05) is 7.05 Å². The van der Waals surface area contributed by atoms with Gasteiger partial charge in [0.15, 0.2) is 0 Å². The van der Waals surface area contributed by atoms with Crippen molar-refractivity contribution in [1.29, 1.82) is 0 Å². The summed E-state index contributed by atoms with van der Waals surface area (Å²) in [4.78, 5) is 4.23. The Morgan fingerprint density at radius 1 is 1.12 bits per heavy atom. The summed E-state index contributed by atoms with van der Waals surface area (Å²) in [6.45, 7) is 0.742. The largest absolute Gasteiger partial charge is 0.457 e. The lowest BCUT2D eigenvalue weighted by Crippen LogP contribution is -2.06. The number of ether oxygens (including phenoxy) is 1. The molecule has 0 saturated carbocycles. The Balaban J connectivity index is 2.12. The molecule has 0 atom stereocenters. The normalized spacial score (nSPS) is 10.1. The van der Waals surface area contributed by atoms with E-state index in [0.29, 0.717) is 0 Å². The average Bonchev–Trinajstić information content (AvgIpc) is 2.31. The highest BCUT2D eigenvalue weighted by Crippen LogP contribution is 2.20. The molecule has 0 fully saturated rings. The van der Waals surface area contributed by atoms with Crippen LogP contribution in [0.2, 0.25) is 0 Å². The topological polar surface area (TPSA) is 34.1 Å². The van der Waals surface area contributed by atoms with Crippen molar-refractivity contribution in [3.8, 4) is 11.5 Å². The van der Waals surface area contributed by atoms with E-state index < -0.39 is 0 Å². The van der Waals surface area contributed by atoms with Crippen LogP contribution in [-0.2, 0) is 6.54 Å². The van der Waals surface area contributed by atoms with Gasteiger partial charge in [-0.2, -0.15) is 0 Å². The first kappa shape index (κ1) is 10.6. The van der Waals surface area contributed by atoms with Gasteiger partial charge in [0.25, 0.3) is 0 Å². The van der Waals surface area contributed by atoms with Crippen LogP contribution >= 0.6 is 0 Å². The molecule has 0 unspecified atom stereocenters. The third kappa shape index (κ3) is 2.81. The molecule has 2 aromatic rings. The van der Waals surface area contributed by atoms with E-state index in [0.717, 1.165) is 23.7 Å². The van der Waals surface area contributed by atoms with Crippen LogP contribution in [0.4, 0.5) is 0 Å². The number of para-hydroxylation sites is 1. The van der Waals surface area contributed by atoms with E-state index in [1.165, 1.54) is 0 Å². The zero-order chi connectivity index (χ0) is 11.2. The van der Waals surface area contributed by atoms with Crippen molar-refractivity contribution in [1.82, 2.24) is 10.3 Å². The standard InChI is InChI=1S/C13H14N2O/c1-14-10-11-9-13(7-8-15-11)16-12-5-3-2-4-6-12/h2-9,14H,10H2,1H3. The van der Waals surface area contributed by atoms with Gasteiger partial charge in [-0.25, -0.2) is 0 Å². The molecule has 3 nitrogen and oxygen atoms in total. The van der Waals surface area contributed by atoms with Gasteiger partial charge in [-0.1, -0.05) is 18.2 Å². The molecule has 0 aliphatic carbocycles. The predicted octanol–water partition coefficient (Wildman–Crippen LogP) is 2.59. The van der Waals surface area contributed by atoms with Crippen molar-refractivity contribution in [2.45, 2.75) is 6.54 Å². The summed E-state index contributed by atoms with van der Waals surface area (Å²) >= 11 is 0. The number of aromatic nitrogens is 1. The molecule has 0 aliphatic heterocycles. The lowest BCUT2D eigenvalue weighted by molar-refractivity contribution is 0.480. The highest BCUT2D eigenvalue weighted by Gasteiger charge is 1.98. The van der Waals surface area contributed by atoms with Crippen LogP contribution in [-0.4, -0.2) is 12.0 Å². The van der Waals surface area contributed by atoms with Crippen LogP contribution in [0.25, 0.3) is 0 Å². The summed E-state index contributed by atoms with van der Waals surface area (Å²) in [7, 11) is 1.90. The van der Waals surface area contributed by atoms with Gasteiger partial charge in [0.05, 0.1) is 5.69 Å². The van der Waals surface area contributed by atoms with E-state index in [9.17, 15) is 0 Å². The van der Waals surface area contributed by atoms with Gasteiger partial charge in [0, 0.05) is 18.8 Å². The van der Waals surface area contributed by atoms with Gasteiger partial charge < -0.3 is 10.1 Å². The second-order valence-electron chi connectivity index (χ2n) is 3.43. The highest BCUT2D eigenvalue weighted by atomic mass is 16.5. The van der Waals surface area contributed by atoms with Gasteiger partial charge in [-0.05, 0) is 25.2 Å². The third-order valence-corrected chi connectivity index (χ3v) is 2.12. The third-order valence-electron chi connectivity index (χ3n) is 2.12. The fourth-order valence-electron chi connectivity index (χ4n) is 1.42. The van der Waals surface area contributed by atoms with Gasteiger partial charge in [0.1, 0.15) is 11.5 Å². The number of pyridine rings is 1. The first-order valence-corrected chi connectivity index (χ1v) is 5.21. The molecule has 1 heterocycles. The van der Waals surface area contributed by atoms with E-state index >= 15 is 0 Å². The Labute approximate surface area is 95.1 Å². The molecule has 0 radical (unpaired) electrons. The van der Waals surface area contributed by atoms with Crippen molar-refractivity contribution >= 4 is 0 Å². The summed E-state index contributed by atoms with van der Waals surface area (Å²) in [5.74, 6) is 1.65. The minimum Gasteiger partial charge on any atom is -0.457 e. The summed E-state index contributed by atoms with van der Waals surface area (Å²) in [5, 5.41) is 3.06. The Morgan fingerprint density at radius 2 is 1.94 bits per heavy atom. The molecule has 0 aliphatic rings. The van der Waals surface area contributed by atoms with Crippen molar-refractivity contribution in [3.63, 3.8) is 0 Å². The van der Waals surface area contributed by atoms with E-state index in [4.69, 9.17) is 4.74 Å². The Kier molecular flexibility index (Phi) is 3.51. The maximum Gasteiger partial charge on any atom is 0.130 e. The van der Waals surface area contributed by atoms with Crippen LogP contribution in [0.1, 0.15) is 5.69 Å². The molecule has 0 bridgehead atoms. The zero-order valence-electron chi connectivity index (χ0n) is 9.18. The van der Waals surface area contributed by atoms with Crippen molar-refractivity contribution in [2.24, 2.45) is 0 Å². The summed E-state index contributed by atoms with van der Waals surface area (Å²) in [6, 6.07) is 13.5. The molecule has 1 aromatic carbocycles. The Hall–Kier alpha value is -1.87. The van der Waals surface area contributed by atoms with Crippen LogP contribution in [0.15, 0.2) is 48.7 Å². The number of rotatable bonds is 4. The average molecular weight is 214 g/mol. The summed E-state index contributed by atoms with van der Waals surface area (Å²) < 4.78 is 5.70. The van der Waals surface area contributed by atoms with Crippen LogP contribution in [0.3, 0.4) is 0 Å². The molecule has 0 saturated heterocycles. The summed E-state index contributed by atoms with van der Waals surface area (Å²) in [6.07, 6.45) is 1.75. The number of benzene rings is 1. The smallest absolute Gasteiger partial charge is 0.130 e. The number of nitrogens with one attached hydrogen (secondary N) is 1. The van der Waals surface area contributed by atoms with E-state index in [1.54, 1.807) is 6.20 Å². The molecular formula is C13H14N2O. The maximum absolute atomic E-state index is 5.70. The Morgan fingerprint density at radius 3 is 2.69 bits per heavy atom. The fourth-order valence-corrected chi connectivity index (χ4v) is 1.42. The molecule has 82 valence electrons. The molecule has 1 aromatic heterocycles. The number of nitrogens with zero attached hydrogens (tertiary/aromatic N) is 1. The predicted molar refractivity (Wildman–Crippen MR) is 63.5 cm³/mol. The SMILES string of the molecule is CNCc1cc(Oc2ccccc2)ccn1. The van der Waals surface area contributed by atoms with Crippen LogP contribution < -0.4 is 10.1 Å². The molecule has 2 rings (SSSR count). The van der Waals surface area contributed by atoms with Gasteiger partial charge in [0.2, 0.25) is 0 Å². The number of hydrogen-bond donors (Lipinski definition) is 1. The zero-order valence-corrected chi connectivity index (χ0v) is 9.18. The monoisotopic (exact) mass is 214 g/mol. The fraction of sp³-hybridized carbons (Fsp3) is 0.154. The van der Waals surface area contributed by atoms with Crippen molar-refractivity contribution in [3.05, 3.63) is 54.4 Å². The van der Waals surface area contributed by atoms with Crippen molar-refractivity contribution < 1.29 is 4.74 Å². The summed E-state index contributed by atoms with van der Waals surface area (Å²) in [5.41, 5.74) is 0.968. The van der Waals surface area contributed by atoms with E-state index in [2.05, 4.69) is 10.3 Å². The lowest BCUT2D eigenvalue weighted by Gasteiger charge is -2.06. The molecule has 3 heteroatoms. The minimum absolute atomic E-state index is 0.742. The quantitative estimate of drug-likeness (QED) is 0.849. The molecule has 16 heavy (non-hydrogen) atoms. The molecule has 1 N–H and O–H groups in total. The second-order valence-corrected chi connectivity index (χ2v) is 3.43. The molecule has 0 amide bonds. The van der Waals surface area contributed by atoms with Gasteiger partial charge in [-0.15, -0.1) is 0 Å². The van der Waals surface area contributed by atoms with E-state index in [1.807, 2.05) is 49.5 Å². The Bertz CT molecular complexity index is 443. The van der Waals surface area contributed by atoms with Crippen LogP contribution in [0, 0.1) is 0 Å². The van der Waals surface area contributed by atoms with Gasteiger partial charge >= 0.3 is 0 Å². The first-order valence-electron chi connectivity index (χ1n) is 5.21. The highest BCUT2D eigenvalue weighted by molar-refractivity contribution is 5.30. The minimum atomic E-state index is 0.742. The number of hydrogen-bond acceptors (Lipinski definition) is 3. The molecule has 0 spiro atoms. The van der Waals surface area contributed by atoms with Crippen LogP contribution in [0.5, 0.6) is 11.5 Å². The second kappa shape index (κ2) is 5.28. The lowest BCUT2D eigenvalue weighted by atomic mass is 10.3. The maximum atomic E-state index is 5.70. The van der Waals surface area contributed by atoms with Gasteiger partial charge in [-0.3, -0.25) is 4.98 Å².